The molecule has 0 saturated heterocycles. The molecule has 3 nitrogen and oxygen atoms in total. The van der Waals surface area contributed by atoms with Crippen molar-refractivity contribution in [2.45, 2.75) is 97.8 Å². The summed E-state index contributed by atoms with van der Waals surface area (Å²) in [6.45, 7) is 7.68. The van der Waals surface area contributed by atoms with Crippen LogP contribution in [0.3, 0.4) is 0 Å². The summed E-state index contributed by atoms with van der Waals surface area (Å²) in [7, 11) is 0. The highest BCUT2D eigenvalue weighted by Crippen LogP contribution is 2.20. The SMILES string of the molecule is CCCCCCCCOc1ccc(-c2ncc(CCCCCC(C)CC)cn2)cc1. The molecule has 1 aromatic carbocycles. The van der Waals surface area contributed by atoms with Gasteiger partial charge >= 0.3 is 0 Å². The molecule has 0 bridgehead atoms. The third-order valence-corrected chi connectivity index (χ3v) is 5.94. The lowest BCUT2D eigenvalue weighted by Gasteiger charge is -2.08. The van der Waals surface area contributed by atoms with Crippen molar-refractivity contribution in [2.75, 3.05) is 6.61 Å². The van der Waals surface area contributed by atoms with Crippen LogP contribution in [-0.2, 0) is 6.42 Å². The number of benzene rings is 1. The quantitative estimate of drug-likeness (QED) is 0.263. The van der Waals surface area contributed by atoms with Crippen molar-refractivity contribution in [2.24, 2.45) is 5.92 Å². The average Bonchev–Trinajstić information content (AvgIpc) is 2.79. The van der Waals surface area contributed by atoms with E-state index in [4.69, 9.17) is 4.74 Å². The molecule has 1 heterocycles. The van der Waals surface area contributed by atoms with Gasteiger partial charge in [-0.2, -0.15) is 0 Å². The van der Waals surface area contributed by atoms with Gasteiger partial charge in [0.05, 0.1) is 6.61 Å². The minimum absolute atomic E-state index is 0.790. The molecule has 1 unspecified atom stereocenters. The van der Waals surface area contributed by atoms with E-state index in [9.17, 15) is 0 Å². The maximum absolute atomic E-state index is 5.87. The molecule has 2 aromatic rings. The summed E-state index contributed by atoms with van der Waals surface area (Å²) in [5, 5.41) is 0. The Hall–Kier alpha value is -1.90. The number of hydrogen-bond donors (Lipinski definition) is 0. The normalized spacial score (nSPS) is 12.1. The summed E-state index contributed by atoms with van der Waals surface area (Å²) in [5.74, 6) is 2.58. The first-order chi connectivity index (χ1) is 14.7. The van der Waals surface area contributed by atoms with Crippen molar-refractivity contribution < 1.29 is 4.74 Å². The van der Waals surface area contributed by atoms with E-state index in [1.165, 1.54) is 69.8 Å². The first-order valence-electron chi connectivity index (χ1n) is 12.3. The van der Waals surface area contributed by atoms with Crippen LogP contribution in [0.2, 0.25) is 0 Å². The second-order valence-corrected chi connectivity index (χ2v) is 8.67. The molecule has 0 fully saturated rings. The van der Waals surface area contributed by atoms with Gasteiger partial charge in [0.2, 0.25) is 0 Å². The third-order valence-electron chi connectivity index (χ3n) is 5.94. The van der Waals surface area contributed by atoms with Crippen LogP contribution < -0.4 is 4.74 Å². The zero-order valence-corrected chi connectivity index (χ0v) is 19.5. The summed E-state index contributed by atoms with van der Waals surface area (Å²) in [6.07, 6.45) is 19.3. The highest BCUT2D eigenvalue weighted by molar-refractivity contribution is 5.55. The minimum Gasteiger partial charge on any atom is -0.494 e. The van der Waals surface area contributed by atoms with E-state index in [1.807, 2.05) is 24.5 Å². The van der Waals surface area contributed by atoms with Gasteiger partial charge in [-0.15, -0.1) is 0 Å². The summed E-state index contributed by atoms with van der Waals surface area (Å²) in [4.78, 5) is 9.16. The van der Waals surface area contributed by atoms with Crippen LogP contribution in [0.5, 0.6) is 5.75 Å². The zero-order chi connectivity index (χ0) is 21.4. The predicted molar refractivity (Wildman–Crippen MR) is 128 cm³/mol. The Balaban J connectivity index is 1.68. The van der Waals surface area contributed by atoms with Crippen molar-refractivity contribution in [3.63, 3.8) is 0 Å². The highest BCUT2D eigenvalue weighted by atomic mass is 16.5. The Morgan fingerprint density at radius 2 is 1.47 bits per heavy atom. The summed E-state index contributed by atoms with van der Waals surface area (Å²) in [5.41, 5.74) is 2.28. The van der Waals surface area contributed by atoms with Crippen molar-refractivity contribution in [3.05, 3.63) is 42.2 Å². The summed E-state index contributed by atoms with van der Waals surface area (Å²) >= 11 is 0. The van der Waals surface area contributed by atoms with Gasteiger partial charge in [-0.1, -0.05) is 78.6 Å². The van der Waals surface area contributed by atoms with Gasteiger partial charge in [-0.3, -0.25) is 0 Å². The Morgan fingerprint density at radius 3 is 2.17 bits per heavy atom. The summed E-state index contributed by atoms with van der Waals surface area (Å²) in [6, 6.07) is 8.17. The molecule has 3 heteroatoms. The maximum Gasteiger partial charge on any atom is 0.159 e. The molecule has 166 valence electrons. The summed E-state index contributed by atoms with van der Waals surface area (Å²) < 4.78 is 5.87. The monoisotopic (exact) mass is 410 g/mol. The van der Waals surface area contributed by atoms with Gasteiger partial charge in [-0.25, -0.2) is 9.97 Å². The molecule has 0 N–H and O–H groups in total. The number of unbranched alkanes of at least 4 members (excludes halogenated alkanes) is 7. The van der Waals surface area contributed by atoms with Gasteiger partial charge in [0.15, 0.2) is 5.82 Å². The van der Waals surface area contributed by atoms with Crippen LogP contribution in [0, 0.1) is 5.92 Å². The van der Waals surface area contributed by atoms with Gasteiger partial charge in [0.25, 0.3) is 0 Å². The molecule has 0 spiro atoms. The van der Waals surface area contributed by atoms with Crippen molar-refractivity contribution in [1.29, 1.82) is 0 Å². The van der Waals surface area contributed by atoms with Gasteiger partial charge in [0.1, 0.15) is 5.75 Å². The fraction of sp³-hybridized carbons (Fsp3) is 0.630. The molecule has 0 aliphatic heterocycles. The molecule has 0 amide bonds. The molecular weight excluding hydrogens is 368 g/mol. The van der Waals surface area contributed by atoms with E-state index in [2.05, 4.69) is 42.9 Å². The standard InChI is InChI=1S/C27H42N2O/c1-4-6-7-8-9-13-20-30-26-18-16-25(17-19-26)27-28-21-24(22-29-27)15-12-10-11-14-23(3)5-2/h16-19,21-23H,4-15,20H2,1-3H3. The first kappa shape index (κ1) is 24.4. The predicted octanol–water partition coefficient (Wildman–Crippen LogP) is 8.03. The Kier molecular flexibility index (Phi) is 12.2. The van der Waals surface area contributed by atoms with Crippen molar-refractivity contribution in [1.82, 2.24) is 9.97 Å². The Morgan fingerprint density at radius 1 is 0.800 bits per heavy atom. The molecule has 0 aliphatic carbocycles. The van der Waals surface area contributed by atoms with Gasteiger partial charge < -0.3 is 4.74 Å². The van der Waals surface area contributed by atoms with Gasteiger partial charge in [-0.05, 0) is 55.0 Å². The fourth-order valence-corrected chi connectivity index (χ4v) is 3.61. The maximum atomic E-state index is 5.87. The second-order valence-electron chi connectivity index (χ2n) is 8.67. The number of nitrogens with zero attached hydrogens (tertiary/aromatic N) is 2. The lowest BCUT2D eigenvalue weighted by molar-refractivity contribution is 0.304. The van der Waals surface area contributed by atoms with Crippen molar-refractivity contribution >= 4 is 0 Å². The number of hydrogen-bond acceptors (Lipinski definition) is 3. The van der Waals surface area contributed by atoms with Crippen LogP contribution in [-0.4, -0.2) is 16.6 Å². The lowest BCUT2D eigenvalue weighted by Crippen LogP contribution is -1.97. The molecule has 2 rings (SSSR count). The minimum atomic E-state index is 0.790. The van der Waals surface area contributed by atoms with E-state index < -0.39 is 0 Å². The fourth-order valence-electron chi connectivity index (χ4n) is 3.61. The smallest absolute Gasteiger partial charge is 0.159 e. The van der Waals surface area contributed by atoms with Gasteiger partial charge in [0, 0.05) is 18.0 Å². The Bertz CT molecular complexity index is 666. The van der Waals surface area contributed by atoms with Crippen LogP contribution in [0.15, 0.2) is 36.7 Å². The largest absolute Gasteiger partial charge is 0.494 e. The van der Waals surface area contributed by atoms with Crippen molar-refractivity contribution in [3.8, 4) is 17.1 Å². The lowest BCUT2D eigenvalue weighted by atomic mass is 10.00. The number of ether oxygens (including phenoxy) is 1. The Labute approximate surface area is 184 Å². The number of aromatic nitrogens is 2. The molecule has 0 saturated carbocycles. The van der Waals surface area contributed by atoms with Crippen LogP contribution in [0.4, 0.5) is 0 Å². The van der Waals surface area contributed by atoms with E-state index >= 15 is 0 Å². The zero-order valence-electron chi connectivity index (χ0n) is 19.5. The van der Waals surface area contributed by atoms with Crippen LogP contribution in [0.1, 0.15) is 97.0 Å². The molecule has 0 radical (unpaired) electrons. The van der Waals surface area contributed by atoms with E-state index in [0.29, 0.717) is 0 Å². The van der Waals surface area contributed by atoms with E-state index in [-0.39, 0.29) is 0 Å². The molecule has 1 aromatic heterocycles. The number of aryl methyl sites for hydroxylation is 1. The molecule has 1 atom stereocenters. The second kappa shape index (κ2) is 15.0. The first-order valence-corrected chi connectivity index (χ1v) is 12.3. The average molecular weight is 411 g/mol. The number of rotatable bonds is 16. The molecular formula is C27H42N2O. The van der Waals surface area contributed by atoms with E-state index in [0.717, 1.165) is 42.5 Å². The van der Waals surface area contributed by atoms with E-state index in [1.54, 1.807) is 0 Å². The molecule has 30 heavy (non-hydrogen) atoms. The van der Waals surface area contributed by atoms with Crippen LogP contribution >= 0.6 is 0 Å². The molecule has 0 aliphatic rings. The highest BCUT2D eigenvalue weighted by Gasteiger charge is 2.04. The third kappa shape index (κ3) is 9.73. The van der Waals surface area contributed by atoms with Crippen LogP contribution in [0.25, 0.3) is 11.4 Å². The topological polar surface area (TPSA) is 35.0 Å².